The molecular formula is C20H23BrN2. The molecule has 0 amide bonds. The van der Waals surface area contributed by atoms with E-state index in [-0.39, 0.29) is 17.0 Å². The smallest absolute Gasteiger partial charge is 0.169 e. The van der Waals surface area contributed by atoms with Crippen molar-refractivity contribution in [2.75, 3.05) is 0 Å². The van der Waals surface area contributed by atoms with Crippen LogP contribution in [-0.2, 0) is 5.54 Å². The minimum Gasteiger partial charge on any atom is -1.00 e. The number of nitrogens with zero attached hydrogens (tertiary/aromatic N) is 2. The Bertz CT molecular complexity index is 645. The molecule has 4 saturated carbocycles. The molecule has 120 valence electrons. The van der Waals surface area contributed by atoms with Crippen LogP contribution < -0.4 is 21.5 Å². The molecule has 0 saturated heterocycles. The molecule has 23 heavy (non-hydrogen) atoms. The Morgan fingerprint density at radius 2 is 1.26 bits per heavy atom. The highest BCUT2D eigenvalue weighted by molar-refractivity contribution is 5.61. The fraction of sp³-hybridized carbons (Fsp3) is 0.500. The van der Waals surface area contributed by atoms with E-state index >= 15 is 0 Å². The van der Waals surface area contributed by atoms with Gasteiger partial charge in [0.05, 0.1) is 0 Å². The second-order valence-electron chi connectivity index (χ2n) is 7.87. The van der Waals surface area contributed by atoms with Gasteiger partial charge in [-0.25, -0.2) is 0 Å². The predicted molar refractivity (Wildman–Crippen MR) is 86.0 cm³/mol. The second kappa shape index (κ2) is 5.70. The third-order valence-electron chi connectivity index (χ3n) is 6.40. The third-order valence-corrected chi connectivity index (χ3v) is 6.40. The fourth-order valence-corrected chi connectivity index (χ4v) is 5.86. The van der Waals surface area contributed by atoms with Crippen LogP contribution in [0.4, 0.5) is 0 Å². The van der Waals surface area contributed by atoms with E-state index in [4.69, 9.17) is 0 Å². The molecule has 2 heterocycles. The van der Waals surface area contributed by atoms with E-state index in [1.54, 1.807) is 0 Å². The number of pyridine rings is 2. The summed E-state index contributed by atoms with van der Waals surface area (Å²) in [4.78, 5) is 4.11. The number of hydrogen-bond acceptors (Lipinski definition) is 1. The molecule has 6 rings (SSSR count). The Kier molecular flexibility index (Phi) is 3.79. The second-order valence-corrected chi connectivity index (χ2v) is 7.87. The zero-order valence-corrected chi connectivity index (χ0v) is 15.0. The lowest BCUT2D eigenvalue weighted by Gasteiger charge is -2.53. The van der Waals surface area contributed by atoms with Crippen molar-refractivity contribution in [2.24, 2.45) is 17.8 Å². The summed E-state index contributed by atoms with van der Waals surface area (Å²) in [7, 11) is 0. The molecular weight excluding hydrogens is 348 g/mol. The van der Waals surface area contributed by atoms with Crippen molar-refractivity contribution >= 4 is 0 Å². The fourth-order valence-electron chi connectivity index (χ4n) is 5.86. The van der Waals surface area contributed by atoms with E-state index in [1.807, 2.05) is 12.4 Å². The van der Waals surface area contributed by atoms with Crippen molar-refractivity contribution < 1.29 is 21.5 Å². The van der Waals surface area contributed by atoms with Gasteiger partial charge >= 0.3 is 0 Å². The van der Waals surface area contributed by atoms with Gasteiger partial charge in [-0.05, 0) is 60.3 Å². The first-order valence-electron chi connectivity index (χ1n) is 8.73. The average molecular weight is 371 g/mol. The molecule has 4 bridgehead atoms. The van der Waals surface area contributed by atoms with E-state index in [9.17, 15) is 0 Å². The molecule has 0 aromatic carbocycles. The first-order chi connectivity index (χ1) is 10.8. The Balaban J connectivity index is 0.00000135. The van der Waals surface area contributed by atoms with Crippen LogP contribution in [0.5, 0.6) is 0 Å². The van der Waals surface area contributed by atoms with Crippen LogP contribution in [0, 0.1) is 17.8 Å². The first-order valence-corrected chi connectivity index (χ1v) is 8.73. The largest absolute Gasteiger partial charge is 1.00 e. The van der Waals surface area contributed by atoms with Crippen molar-refractivity contribution in [2.45, 2.75) is 44.1 Å². The Hall–Kier alpha value is -1.22. The quantitative estimate of drug-likeness (QED) is 0.719. The molecule has 0 atom stereocenters. The molecule has 0 unspecified atom stereocenters. The van der Waals surface area contributed by atoms with Gasteiger partial charge in [-0.1, -0.05) is 0 Å². The van der Waals surface area contributed by atoms with Crippen molar-refractivity contribution in [3.05, 3.63) is 49.1 Å². The summed E-state index contributed by atoms with van der Waals surface area (Å²) < 4.78 is 2.56. The van der Waals surface area contributed by atoms with Gasteiger partial charge in [-0.2, -0.15) is 4.57 Å². The predicted octanol–water partition coefficient (Wildman–Crippen LogP) is 0.965. The highest BCUT2D eigenvalue weighted by Crippen LogP contribution is 2.56. The molecule has 4 fully saturated rings. The third kappa shape index (κ3) is 2.53. The van der Waals surface area contributed by atoms with Crippen molar-refractivity contribution in [1.29, 1.82) is 0 Å². The van der Waals surface area contributed by atoms with Crippen LogP contribution in [0.3, 0.4) is 0 Å². The van der Waals surface area contributed by atoms with Crippen molar-refractivity contribution in [3.8, 4) is 11.1 Å². The van der Waals surface area contributed by atoms with Gasteiger partial charge in [0.1, 0.15) is 0 Å². The van der Waals surface area contributed by atoms with E-state index in [0.29, 0.717) is 5.54 Å². The first kappa shape index (κ1) is 15.3. The summed E-state index contributed by atoms with van der Waals surface area (Å²) in [5.41, 5.74) is 2.99. The molecule has 0 radical (unpaired) electrons. The summed E-state index contributed by atoms with van der Waals surface area (Å²) in [5, 5.41) is 0. The lowest BCUT2D eigenvalue weighted by molar-refractivity contribution is -0.776. The summed E-state index contributed by atoms with van der Waals surface area (Å²) >= 11 is 0. The van der Waals surface area contributed by atoms with Gasteiger partial charge in [0.15, 0.2) is 17.9 Å². The maximum Gasteiger partial charge on any atom is 0.169 e. The van der Waals surface area contributed by atoms with Gasteiger partial charge in [0, 0.05) is 43.8 Å². The molecule has 4 aliphatic carbocycles. The number of rotatable bonds is 2. The lowest BCUT2D eigenvalue weighted by Crippen LogP contribution is -3.00. The highest BCUT2D eigenvalue weighted by atomic mass is 79.9. The monoisotopic (exact) mass is 370 g/mol. The minimum atomic E-state index is 0. The minimum absolute atomic E-state index is 0. The number of hydrogen-bond donors (Lipinski definition) is 0. The SMILES string of the molecule is [Br-].c1cc(-c2cc[n+](C34CC5CC(CC(C5)C3)C4)cc2)ccn1. The average Bonchev–Trinajstić information content (AvgIpc) is 2.55. The molecule has 0 spiro atoms. The Morgan fingerprint density at radius 3 is 1.78 bits per heavy atom. The summed E-state index contributed by atoms with van der Waals surface area (Å²) in [6.45, 7) is 0. The number of aromatic nitrogens is 2. The molecule has 2 nitrogen and oxygen atoms in total. The molecule has 2 aromatic rings. The normalized spacial score (nSPS) is 34.2. The van der Waals surface area contributed by atoms with Crippen LogP contribution in [-0.4, -0.2) is 4.98 Å². The molecule has 0 aliphatic heterocycles. The maximum atomic E-state index is 4.11. The zero-order valence-electron chi connectivity index (χ0n) is 13.4. The van der Waals surface area contributed by atoms with Crippen molar-refractivity contribution in [1.82, 2.24) is 4.98 Å². The van der Waals surface area contributed by atoms with Gasteiger partial charge in [-0.3, -0.25) is 4.98 Å². The molecule has 3 heteroatoms. The van der Waals surface area contributed by atoms with Crippen LogP contribution in [0.25, 0.3) is 11.1 Å². The summed E-state index contributed by atoms with van der Waals surface area (Å²) in [5.74, 6) is 3.00. The molecule has 0 N–H and O–H groups in total. The van der Waals surface area contributed by atoms with E-state index in [1.165, 1.54) is 49.7 Å². The van der Waals surface area contributed by atoms with E-state index < -0.39 is 0 Å². The summed E-state index contributed by atoms with van der Waals surface area (Å²) in [6, 6.07) is 8.75. The molecule has 2 aromatic heterocycles. The van der Waals surface area contributed by atoms with Gasteiger partial charge in [0.25, 0.3) is 0 Å². The Morgan fingerprint density at radius 1 is 0.783 bits per heavy atom. The topological polar surface area (TPSA) is 16.8 Å². The van der Waals surface area contributed by atoms with Crippen LogP contribution >= 0.6 is 0 Å². The van der Waals surface area contributed by atoms with Gasteiger partial charge in [-0.15, -0.1) is 0 Å². The standard InChI is InChI=1S/C20H23N2.BrH/c1-5-21-6-2-18(1)19-3-7-22(8-4-19)20-12-15-9-16(13-20)11-17(10-15)14-20;/h1-8,15-17H,9-14H2;1H/q+1;/p-1. The van der Waals surface area contributed by atoms with Crippen LogP contribution in [0.15, 0.2) is 49.1 Å². The highest BCUT2D eigenvalue weighted by Gasteiger charge is 2.56. The van der Waals surface area contributed by atoms with E-state index in [0.717, 1.165) is 17.8 Å². The van der Waals surface area contributed by atoms with Gasteiger partial charge in [0.2, 0.25) is 0 Å². The van der Waals surface area contributed by atoms with E-state index in [2.05, 4.69) is 46.2 Å². The number of halogens is 1. The summed E-state index contributed by atoms with van der Waals surface area (Å²) in [6.07, 6.45) is 17.2. The Labute approximate surface area is 148 Å². The maximum absolute atomic E-state index is 4.11. The molecule has 4 aliphatic rings. The zero-order chi connectivity index (χ0) is 14.6. The van der Waals surface area contributed by atoms with Crippen molar-refractivity contribution in [3.63, 3.8) is 0 Å². The van der Waals surface area contributed by atoms with Crippen LogP contribution in [0.1, 0.15) is 38.5 Å². The lowest BCUT2D eigenvalue weighted by atomic mass is 9.53. The van der Waals surface area contributed by atoms with Crippen LogP contribution in [0.2, 0.25) is 0 Å². The van der Waals surface area contributed by atoms with Gasteiger partial charge < -0.3 is 17.0 Å².